The molecule has 3 saturated carbocycles. The molecule has 2 aromatic rings. The molecule has 3 aliphatic carbocycles. The monoisotopic (exact) mass is 310 g/mol. The zero-order valence-corrected chi connectivity index (χ0v) is 11.5. The van der Waals surface area contributed by atoms with Gasteiger partial charge in [-0.15, -0.1) is 18.3 Å². The zero-order valence-electron chi connectivity index (χ0n) is 11.5. The van der Waals surface area contributed by atoms with Gasteiger partial charge >= 0.3 is 6.36 Å². The van der Waals surface area contributed by atoms with Gasteiger partial charge in [-0.2, -0.15) is 0 Å². The molecule has 116 valence electrons. The van der Waals surface area contributed by atoms with Crippen LogP contribution in [0, 0.1) is 0 Å². The first-order valence-corrected chi connectivity index (χ1v) is 6.85. The Morgan fingerprint density at radius 2 is 1.77 bits per heavy atom. The Kier molecular flexibility index (Phi) is 2.47. The van der Waals surface area contributed by atoms with Crippen LogP contribution in [0.15, 0.2) is 30.5 Å². The smallest absolute Gasteiger partial charge is 0.406 e. The van der Waals surface area contributed by atoms with Crippen LogP contribution in [-0.2, 0) is 5.41 Å². The number of halogens is 3. The van der Waals surface area contributed by atoms with E-state index in [9.17, 15) is 13.2 Å². The van der Waals surface area contributed by atoms with Crippen LogP contribution in [0.1, 0.15) is 25.0 Å². The van der Waals surface area contributed by atoms with Crippen LogP contribution in [0.25, 0.3) is 5.69 Å². The van der Waals surface area contributed by atoms with Gasteiger partial charge < -0.3 is 10.5 Å². The number of hydrogen-bond donors (Lipinski definition) is 1. The average Bonchev–Trinajstić information content (AvgIpc) is 2.82. The van der Waals surface area contributed by atoms with Crippen molar-refractivity contribution in [2.24, 2.45) is 5.73 Å². The maximum Gasteiger partial charge on any atom is 0.573 e. The molecule has 2 N–H and O–H groups in total. The van der Waals surface area contributed by atoms with E-state index in [1.807, 2.05) is 6.20 Å². The molecule has 0 spiro atoms. The number of benzene rings is 1. The quantitative estimate of drug-likeness (QED) is 0.944. The Labute approximate surface area is 123 Å². The number of nitrogens with zero attached hydrogens (tertiary/aromatic N) is 3. The third-order valence-corrected chi connectivity index (χ3v) is 4.44. The number of nitrogens with two attached hydrogens (primary N) is 1. The van der Waals surface area contributed by atoms with E-state index in [4.69, 9.17) is 5.73 Å². The lowest BCUT2D eigenvalue weighted by Gasteiger charge is -2.68. The maximum atomic E-state index is 12.1. The minimum atomic E-state index is -4.69. The second-order valence-corrected chi connectivity index (χ2v) is 6.26. The summed E-state index contributed by atoms with van der Waals surface area (Å²) >= 11 is 0. The minimum absolute atomic E-state index is 0.0135. The Bertz CT molecular complexity index is 703. The van der Waals surface area contributed by atoms with Crippen molar-refractivity contribution in [3.05, 3.63) is 36.2 Å². The summed E-state index contributed by atoms with van der Waals surface area (Å²) in [6.45, 7) is 0. The highest BCUT2D eigenvalue weighted by Gasteiger charge is 2.67. The van der Waals surface area contributed by atoms with Gasteiger partial charge in [0.1, 0.15) is 5.75 Å². The molecule has 8 heteroatoms. The van der Waals surface area contributed by atoms with Gasteiger partial charge in [0.15, 0.2) is 0 Å². The van der Waals surface area contributed by atoms with Gasteiger partial charge in [-0.1, -0.05) is 5.21 Å². The van der Waals surface area contributed by atoms with Gasteiger partial charge in [-0.3, -0.25) is 0 Å². The number of hydrogen-bond acceptors (Lipinski definition) is 4. The Morgan fingerprint density at radius 3 is 2.32 bits per heavy atom. The molecule has 1 heterocycles. The third-order valence-electron chi connectivity index (χ3n) is 4.44. The van der Waals surface area contributed by atoms with Crippen molar-refractivity contribution in [2.45, 2.75) is 36.6 Å². The van der Waals surface area contributed by atoms with E-state index in [1.54, 1.807) is 4.68 Å². The molecular weight excluding hydrogens is 297 g/mol. The molecule has 1 aromatic carbocycles. The first-order valence-electron chi connectivity index (χ1n) is 6.85. The average molecular weight is 310 g/mol. The summed E-state index contributed by atoms with van der Waals surface area (Å²) in [7, 11) is 0. The third kappa shape index (κ3) is 2.06. The summed E-state index contributed by atoms with van der Waals surface area (Å²) in [6.07, 6.45) is -0.0895. The van der Waals surface area contributed by atoms with Crippen LogP contribution in [0.5, 0.6) is 5.75 Å². The van der Waals surface area contributed by atoms with Gasteiger partial charge in [-0.05, 0) is 43.5 Å². The van der Waals surface area contributed by atoms with Crippen LogP contribution in [0.3, 0.4) is 0 Å². The number of rotatable bonds is 3. The summed E-state index contributed by atoms with van der Waals surface area (Å²) in [5.41, 5.74) is 7.61. The highest BCUT2D eigenvalue weighted by Crippen LogP contribution is 2.65. The molecule has 0 amide bonds. The van der Waals surface area contributed by atoms with Crippen molar-refractivity contribution in [3.8, 4) is 11.4 Å². The van der Waals surface area contributed by atoms with Crippen LogP contribution >= 0.6 is 0 Å². The summed E-state index contributed by atoms with van der Waals surface area (Å²) in [6, 6.07) is 5.51. The highest BCUT2D eigenvalue weighted by molar-refractivity contribution is 5.40. The summed E-state index contributed by atoms with van der Waals surface area (Å²) in [5, 5.41) is 8.23. The van der Waals surface area contributed by atoms with E-state index in [1.165, 1.54) is 24.3 Å². The highest BCUT2D eigenvalue weighted by atomic mass is 19.4. The first kappa shape index (κ1) is 13.6. The van der Waals surface area contributed by atoms with Crippen molar-refractivity contribution in [1.82, 2.24) is 15.0 Å². The van der Waals surface area contributed by atoms with E-state index in [0.29, 0.717) is 5.69 Å². The fraction of sp³-hybridized carbons (Fsp3) is 0.429. The summed E-state index contributed by atoms with van der Waals surface area (Å²) < 4.78 is 41.7. The second-order valence-electron chi connectivity index (χ2n) is 6.26. The number of ether oxygens (including phenoxy) is 1. The summed E-state index contributed by atoms with van der Waals surface area (Å²) in [4.78, 5) is 0. The summed E-state index contributed by atoms with van der Waals surface area (Å²) in [5.74, 6) is -0.263. The van der Waals surface area contributed by atoms with Gasteiger partial charge in [0.2, 0.25) is 0 Å². The van der Waals surface area contributed by atoms with Gasteiger partial charge in [0.25, 0.3) is 0 Å². The number of alkyl halides is 3. The molecule has 0 saturated heterocycles. The SMILES string of the molecule is NC12CC(c3cn(-c4ccc(OC(F)(F)F)cc4)nn3)(C1)C2. The molecule has 3 fully saturated rings. The van der Waals surface area contributed by atoms with E-state index in [-0.39, 0.29) is 16.7 Å². The molecule has 1 aromatic heterocycles. The van der Waals surface area contributed by atoms with Crippen molar-refractivity contribution in [3.63, 3.8) is 0 Å². The molecular formula is C14H13F3N4O. The zero-order chi connectivity index (χ0) is 15.6. The first-order chi connectivity index (χ1) is 10.3. The van der Waals surface area contributed by atoms with Crippen molar-refractivity contribution < 1.29 is 17.9 Å². The lowest BCUT2D eigenvalue weighted by molar-refractivity contribution is -0.274. The van der Waals surface area contributed by atoms with Gasteiger partial charge in [0.05, 0.1) is 17.6 Å². The predicted octanol–water partition coefficient (Wildman–Crippen LogP) is 2.30. The molecule has 5 rings (SSSR count). The van der Waals surface area contributed by atoms with Gasteiger partial charge in [-0.25, -0.2) is 4.68 Å². The Hall–Kier alpha value is -2.09. The maximum absolute atomic E-state index is 12.1. The van der Waals surface area contributed by atoms with E-state index in [2.05, 4.69) is 15.0 Å². The van der Waals surface area contributed by atoms with Crippen molar-refractivity contribution >= 4 is 0 Å². The largest absolute Gasteiger partial charge is 0.573 e. The molecule has 3 aliphatic rings. The fourth-order valence-corrected chi connectivity index (χ4v) is 3.57. The lowest BCUT2D eigenvalue weighted by atomic mass is 9.39. The lowest BCUT2D eigenvalue weighted by Crippen LogP contribution is -2.74. The van der Waals surface area contributed by atoms with Crippen molar-refractivity contribution in [1.29, 1.82) is 0 Å². The molecule has 0 unspecified atom stereocenters. The molecule has 2 bridgehead atoms. The van der Waals surface area contributed by atoms with Crippen LogP contribution in [0.4, 0.5) is 13.2 Å². The molecule has 0 atom stereocenters. The standard InChI is InChI=1S/C14H13F3N4O/c15-14(16,17)22-10-3-1-9(2-4-10)21-5-11(19-20-21)12-6-13(18,7-12)8-12/h1-5H,6-8,18H2. The van der Waals surface area contributed by atoms with Crippen LogP contribution < -0.4 is 10.5 Å². The Morgan fingerprint density at radius 1 is 1.14 bits per heavy atom. The molecule has 0 radical (unpaired) electrons. The van der Waals surface area contributed by atoms with Gasteiger partial charge in [0, 0.05) is 11.0 Å². The predicted molar refractivity (Wildman–Crippen MR) is 70.5 cm³/mol. The number of aromatic nitrogens is 3. The van der Waals surface area contributed by atoms with Crippen LogP contribution in [0.2, 0.25) is 0 Å². The molecule has 22 heavy (non-hydrogen) atoms. The topological polar surface area (TPSA) is 66.0 Å². The van der Waals surface area contributed by atoms with E-state index < -0.39 is 6.36 Å². The fourth-order valence-electron chi connectivity index (χ4n) is 3.57. The normalized spacial score (nSPS) is 29.6. The Balaban J connectivity index is 1.52. The minimum Gasteiger partial charge on any atom is -0.406 e. The van der Waals surface area contributed by atoms with E-state index >= 15 is 0 Å². The molecule has 0 aliphatic heterocycles. The second kappa shape index (κ2) is 4.01. The van der Waals surface area contributed by atoms with Crippen LogP contribution in [-0.4, -0.2) is 26.9 Å². The van der Waals surface area contributed by atoms with E-state index in [0.717, 1.165) is 25.0 Å². The molecule has 5 nitrogen and oxygen atoms in total. The van der Waals surface area contributed by atoms with Crippen molar-refractivity contribution in [2.75, 3.05) is 0 Å².